The fraction of sp³-hybridized carbons (Fsp3) is 0.0714. The Bertz CT molecular complexity index is 628. The van der Waals surface area contributed by atoms with Crippen molar-refractivity contribution in [2.75, 3.05) is 0 Å². The van der Waals surface area contributed by atoms with Gasteiger partial charge in [-0.05, 0) is 23.3 Å². The summed E-state index contributed by atoms with van der Waals surface area (Å²) in [6, 6.07) is 16.1. The van der Waals surface area contributed by atoms with Crippen molar-refractivity contribution in [3.63, 3.8) is 0 Å². The van der Waals surface area contributed by atoms with E-state index in [9.17, 15) is 0 Å². The largest absolute Gasteiger partial charge is 0.345 e. The summed E-state index contributed by atoms with van der Waals surface area (Å²) in [6.07, 6.45) is 1.70. The van der Waals surface area contributed by atoms with Crippen LogP contribution < -0.4 is 5.73 Å². The minimum absolute atomic E-state index is 0.0936. The Kier molecular flexibility index (Phi) is 2.38. The van der Waals surface area contributed by atoms with Gasteiger partial charge >= 0.3 is 0 Å². The summed E-state index contributed by atoms with van der Waals surface area (Å²) in [7, 11) is 0. The number of nitrogens with zero attached hydrogens (tertiary/aromatic N) is 1. The molecule has 0 bridgehead atoms. The van der Waals surface area contributed by atoms with Crippen LogP contribution in [0.4, 0.5) is 0 Å². The van der Waals surface area contributed by atoms with Crippen LogP contribution in [0, 0.1) is 0 Å². The van der Waals surface area contributed by atoms with Crippen LogP contribution >= 0.6 is 0 Å². The molecule has 3 aromatic rings. The van der Waals surface area contributed by atoms with Gasteiger partial charge in [0, 0.05) is 0 Å². The first-order valence-corrected chi connectivity index (χ1v) is 5.58. The van der Waals surface area contributed by atoms with Crippen LogP contribution in [0.3, 0.4) is 0 Å². The fourth-order valence-electron chi connectivity index (χ4n) is 2.00. The van der Waals surface area contributed by atoms with Gasteiger partial charge in [-0.2, -0.15) is 0 Å². The van der Waals surface area contributed by atoms with E-state index in [0.717, 1.165) is 22.2 Å². The molecule has 0 aliphatic heterocycles. The average molecular weight is 223 g/mol. The van der Waals surface area contributed by atoms with Crippen molar-refractivity contribution in [3.05, 3.63) is 66.0 Å². The van der Waals surface area contributed by atoms with Crippen molar-refractivity contribution in [3.8, 4) is 0 Å². The summed E-state index contributed by atoms with van der Waals surface area (Å²) < 4.78 is 0. The highest BCUT2D eigenvalue weighted by Gasteiger charge is 2.09. The second-order valence-corrected chi connectivity index (χ2v) is 4.07. The van der Waals surface area contributed by atoms with Gasteiger partial charge in [-0.3, -0.25) is 0 Å². The van der Waals surface area contributed by atoms with Gasteiger partial charge in [-0.25, -0.2) is 4.98 Å². The molecule has 0 unspecified atom stereocenters. The van der Waals surface area contributed by atoms with Crippen LogP contribution in [0.15, 0.2) is 54.9 Å². The van der Waals surface area contributed by atoms with Gasteiger partial charge < -0.3 is 10.7 Å². The standard InChI is InChI=1S/C14H13N3/c15-14(10-4-2-1-3-5-10)11-6-7-12-13(8-11)17-9-16-12/h1-9,14H,15H2,(H,16,17)/t14-/m0/s1. The molecule has 1 heterocycles. The quantitative estimate of drug-likeness (QED) is 0.701. The lowest BCUT2D eigenvalue weighted by molar-refractivity contribution is 0.873. The lowest BCUT2D eigenvalue weighted by Crippen LogP contribution is -2.11. The highest BCUT2D eigenvalue weighted by molar-refractivity contribution is 5.75. The zero-order valence-electron chi connectivity index (χ0n) is 9.30. The molecule has 84 valence electrons. The van der Waals surface area contributed by atoms with E-state index in [0.29, 0.717) is 0 Å². The molecule has 1 atom stereocenters. The highest BCUT2D eigenvalue weighted by atomic mass is 14.9. The normalized spacial score (nSPS) is 12.8. The number of hydrogen-bond acceptors (Lipinski definition) is 2. The number of nitrogens with one attached hydrogen (secondary N) is 1. The third kappa shape index (κ3) is 1.81. The van der Waals surface area contributed by atoms with Crippen LogP contribution in [0.25, 0.3) is 11.0 Å². The SMILES string of the molecule is N[C@@H](c1ccccc1)c1ccc2nc[nH]c2c1. The van der Waals surface area contributed by atoms with E-state index in [-0.39, 0.29) is 6.04 Å². The van der Waals surface area contributed by atoms with Gasteiger partial charge in [0.15, 0.2) is 0 Å². The Balaban J connectivity index is 2.03. The summed E-state index contributed by atoms with van der Waals surface area (Å²) >= 11 is 0. The zero-order chi connectivity index (χ0) is 11.7. The summed E-state index contributed by atoms with van der Waals surface area (Å²) in [5.41, 5.74) is 10.4. The number of H-pyrrole nitrogens is 1. The average Bonchev–Trinajstić information content (AvgIpc) is 2.86. The maximum atomic E-state index is 6.24. The molecule has 2 aromatic carbocycles. The van der Waals surface area contributed by atoms with E-state index in [4.69, 9.17) is 5.73 Å². The molecule has 17 heavy (non-hydrogen) atoms. The number of imidazole rings is 1. The Hall–Kier alpha value is -2.13. The number of benzene rings is 2. The summed E-state index contributed by atoms with van der Waals surface area (Å²) in [6.45, 7) is 0. The minimum atomic E-state index is -0.0936. The molecule has 0 aliphatic carbocycles. The Morgan fingerprint density at radius 3 is 2.65 bits per heavy atom. The lowest BCUT2D eigenvalue weighted by Gasteiger charge is -2.12. The van der Waals surface area contributed by atoms with Gasteiger partial charge in [0.25, 0.3) is 0 Å². The molecule has 1 aromatic heterocycles. The van der Waals surface area contributed by atoms with Gasteiger partial charge in [-0.15, -0.1) is 0 Å². The Labute approximate surface area is 99.3 Å². The Morgan fingerprint density at radius 1 is 1.00 bits per heavy atom. The molecule has 0 spiro atoms. The first-order chi connectivity index (χ1) is 8.34. The molecule has 0 saturated carbocycles. The molecular weight excluding hydrogens is 210 g/mol. The fourth-order valence-corrected chi connectivity index (χ4v) is 2.00. The molecule has 0 radical (unpaired) electrons. The first-order valence-electron chi connectivity index (χ1n) is 5.58. The molecule has 0 saturated heterocycles. The second-order valence-electron chi connectivity index (χ2n) is 4.07. The second kappa shape index (κ2) is 4.03. The summed E-state index contributed by atoms with van der Waals surface area (Å²) in [5.74, 6) is 0. The number of nitrogens with two attached hydrogens (primary N) is 1. The van der Waals surface area contributed by atoms with Crippen molar-refractivity contribution in [2.24, 2.45) is 5.73 Å². The first kappa shape index (κ1) is 10.1. The number of rotatable bonds is 2. The van der Waals surface area contributed by atoms with Crippen LogP contribution in [-0.2, 0) is 0 Å². The van der Waals surface area contributed by atoms with Crippen molar-refractivity contribution >= 4 is 11.0 Å². The van der Waals surface area contributed by atoms with Gasteiger partial charge in [-0.1, -0.05) is 36.4 Å². The van der Waals surface area contributed by atoms with Gasteiger partial charge in [0.1, 0.15) is 0 Å². The third-order valence-electron chi connectivity index (χ3n) is 2.96. The number of aromatic amines is 1. The van der Waals surface area contributed by atoms with E-state index in [1.807, 2.05) is 42.5 Å². The van der Waals surface area contributed by atoms with Crippen molar-refractivity contribution in [1.82, 2.24) is 9.97 Å². The number of fused-ring (bicyclic) bond motifs is 1. The van der Waals surface area contributed by atoms with Crippen LogP contribution in [0.1, 0.15) is 17.2 Å². The van der Waals surface area contributed by atoms with Crippen molar-refractivity contribution in [2.45, 2.75) is 6.04 Å². The minimum Gasteiger partial charge on any atom is -0.345 e. The predicted molar refractivity (Wildman–Crippen MR) is 68.6 cm³/mol. The number of aromatic nitrogens is 2. The predicted octanol–water partition coefficient (Wildman–Crippen LogP) is 2.61. The van der Waals surface area contributed by atoms with Crippen LogP contribution in [-0.4, -0.2) is 9.97 Å². The molecule has 0 aliphatic rings. The van der Waals surface area contributed by atoms with E-state index < -0.39 is 0 Å². The molecule has 0 fully saturated rings. The third-order valence-corrected chi connectivity index (χ3v) is 2.96. The van der Waals surface area contributed by atoms with E-state index >= 15 is 0 Å². The van der Waals surface area contributed by atoms with Gasteiger partial charge in [0.2, 0.25) is 0 Å². The lowest BCUT2D eigenvalue weighted by atomic mass is 9.99. The van der Waals surface area contributed by atoms with Crippen molar-refractivity contribution in [1.29, 1.82) is 0 Å². The smallest absolute Gasteiger partial charge is 0.0931 e. The maximum Gasteiger partial charge on any atom is 0.0931 e. The molecule has 3 rings (SSSR count). The maximum absolute atomic E-state index is 6.24. The van der Waals surface area contributed by atoms with E-state index in [1.165, 1.54) is 0 Å². The van der Waals surface area contributed by atoms with E-state index in [2.05, 4.69) is 16.0 Å². The molecule has 3 nitrogen and oxygen atoms in total. The molecular formula is C14H13N3. The van der Waals surface area contributed by atoms with Crippen molar-refractivity contribution < 1.29 is 0 Å². The van der Waals surface area contributed by atoms with Crippen LogP contribution in [0.2, 0.25) is 0 Å². The Morgan fingerprint density at radius 2 is 1.82 bits per heavy atom. The van der Waals surface area contributed by atoms with E-state index in [1.54, 1.807) is 6.33 Å². The topological polar surface area (TPSA) is 54.7 Å². The summed E-state index contributed by atoms with van der Waals surface area (Å²) in [5, 5.41) is 0. The zero-order valence-corrected chi connectivity index (χ0v) is 9.30. The van der Waals surface area contributed by atoms with Gasteiger partial charge in [0.05, 0.1) is 23.4 Å². The highest BCUT2D eigenvalue weighted by Crippen LogP contribution is 2.21. The molecule has 3 N–H and O–H groups in total. The molecule has 3 heteroatoms. The van der Waals surface area contributed by atoms with Crippen LogP contribution in [0.5, 0.6) is 0 Å². The monoisotopic (exact) mass is 223 g/mol. The molecule has 0 amide bonds. The number of hydrogen-bond donors (Lipinski definition) is 2. The summed E-state index contributed by atoms with van der Waals surface area (Å²) in [4.78, 5) is 7.30.